The van der Waals surface area contributed by atoms with Gasteiger partial charge in [0.25, 0.3) is 0 Å². The molecule has 186 valence electrons. The minimum Gasteiger partial charge on any atom is -0.486 e. The SMILES string of the molecule is CC1c2cc3c(cc2C2(CCCC2)CN1CC(=O)NCC1CCN(c2ccccc2)C1)OCCO3. The molecule has 6 heteroatoms. The van der Waals surface area contributed by atoms with E-state index in [2.05, 4.69) is 64.5 Å². The van der Waals surface area contributed by atoms with E-state index < -0.39 is 0 Å². The lowest BCUT2D eigenvalue weighted by Crippen LogP contribution is -2.49. The Kier molecular flexibility index (Phi) is 6.09. The first-order valence-corrected chi connectivity index (χ1v) is 13.4. The second-order valence-electron chi connectivity index (χ2n) is 10.9. The fourth-order valence-corrected chi connectivity index (χ4v) is 6.76. The smallest absolute Gasteiger partial charge is 0.234 e. The van der Waals surface area contributed by atoms with Gasteiger partial charge in [-0.15, -0.1) is 0 Å². The molecule has 0 radical (unpaired) electrons. The van der Waals surface area contributed by atoms with Crippen LogP contribution in [0.2, 0.25) is 0 Å². The van der Waals surface area contributed by atoms with E-state index in [-0.39, 0.29) is 17.4 Å². The Morgan fingerprint density at radius 3 is 2.60 bits per heavy atom. The Hall–Kier alpha value is -2.73. The molecule has 1 spiro atoms. The van der Waals surface area contributed by atoms with Gasteiger partial charge in [-0.1, -0.05) is 31.0 Å². The van der Waals surface area contributed by atoms with Gasteiger partial charge >= 0.3 is 0 Å². The lowest BCUT2D eigenvalue weighted by atomic mass is 9.71. The number of nitrogens with one attached hydrogen (secondary N) is 1. The van der Waals surface area contributed by atoms with Gasteiger partial charge in [0.2, 0.25) is 5.91 Å². The van der Waals surface area contributed by atoms with Gasteiger partial charge in [0, 0.05) is 43.3 Å². The van der Waals surface area contributed by atoms with Gasteiger partial charge in [0.15, 0.2) is 11.5 Å². The second-order valence-corrected chi connectivity index (χ2v) is 10.9. The Morgan fingerprint density at radius 2 is 1.83 bits per heavy atom. The first-order chi connectivity index (χ1) is 17.1. The van der Waals surface area contributed by atoms with Crippen molar-refractivity contribution in [3.05, 3.63) is 53.6 Å². The van der Waals surface area contributed by atoms with Crippen molar-refractivity contribution in [1.82, 2.24) is 10.2 Å². The molecular formula is C29H37N3O3. The zero-order chi connectivity index (χ0) is 23.8. The lowest BCUT2D eigenvalue weighted by molar-refractivity contribution is -0.123. The number of para-hydroxylation sites is 1. The molecule has 1 N–H and O–H groups in total. The third-order valence-electron chi connectivity index (χ3n) is 8.69. The molecule has 1 saturated heterocycles. The van der Waals surface area contributed by atoms with Crippen LogP contribution in [0.3, 0.4) is 0 Å². The number of amides is 1. The van der Waals surface area contributed by atoms with Crippen molar-refractivity contribution >= 4 is 11.6 Å². The molecule has 2 fully saturated rings. The van der Waals surface area contributed by atoms with Crippen molar-refractivity contribution in [3.63, 3.8) is 0 Å². The number of carbonyl (C=O) groups excluding carboxylic acids is 1. The van der Waals surface area contributed by atoms with E-state index in [0.717, 1.165) is 44.1 Å². The van der Waals surface area contributed by atoms with E-state index >= 15 is 0 Å². The highest BCUT2D eigenvalue weighted by Crippen LogP contribution is 2.51. The van der Waals surface area contributed by atoms with Gasteiger partial charge in [-0.05, 0) is 67.5 Å². The van der Waals surface area contributed by atoms with Gasteiger partial charge < -0.3 is 19.7 Å². The van der Waals surface area contributed by atoms with Crippen LogP contribution in [-0.4, -0.2) is 56.7 Å². The molecule has 35 heavy (non-hydrogen) atoms. The molecule has 4 aliphatic rings. The van der Waals surface area contributed by atoms with Crippen LogP contribution in [0.4, 0.5) is 5.69 Å². The summed E-state index contributed by atoms with van der Waals surface area (Å²) in [5.41, 5.74) is 4.14. The number of rotatable bonds is 5. The van der Waals surface area contributed by atoms with Crippen LogP contribution in [0.15, 0.2) is 42.5 Å². The van der Waals surface area contributed by atoms with Gasteiger partial charge in [-0.3, -0.25) is 9.69 Å². The summed E-state index contributed by atoms with van der Waals surface area (Å²) in [6.07, 6.45) is 5.99. The summed E-state index contributed by atoms with van der Waals surface area (Å²) in [5, 5.41) is 3.27. The van der Waals surface area contributed by atoms with Crippen LogP contribution < -0.4 is 19.7 Å². The third kappa shape index (κ3) is 4.37. The maximum Gasteiger partial charge on any atom is 0.234 e. The fourth-order valence-electron chi connectivity index (χ4n) is 6.76. The standard InChI is InChI=1S/C29H37N3O3/c1-21-24-15-26-27(35-14-13-34-26)16-25(24)29(10-5-6-11-29)20-32(21)19-28(33)30-17-22-9-12-31(18-22)23-7-3-2-4-8-23/h2-4,7-8,15-16,21-22H,5-6,9-14,17-20H2,1H3,(H,30,33). The number of ether oxygens (including phenoxy) is 2. The molecule has 6 rings (SSSR count). The van der Waals surface area contributed by atoms with Crippen LogP contribution >= 0.6 is 0 Å². The number of hydrogen-bond acceptors (Lipinski definition) is 5. The molecule has 2 atom stereocenters. The summed E-state index contributed by atoms with van der Waals surface area (Å²) in [7, 11) is 0. The number of fused-ring (bicyclic) bond motifs is 3. The molecule has 0 bridgehead atoms. The quantitative estimate of drug-likeness (QED) is 0.699. The van der Waals surface area contributed by atoms with Gasteiger partial charge in [0.05, 0.1) is 6.54 Å². The van der Waals surface area contributed by atoms with Crippen LogP contribution in [-0.2, 0) is 10.2 Å². The van der Waals surface area contributed by atoms with Crippen molar-refractivity contribution in [3.8, 4) is 11.5 Å². The fraction of sp³-hybridized carbons (Fsp3) is 0.552. The number of anilines is 1. The van der Waals surface area contributed by atoms with Gasteiger partial charge in [0.1, 0.15) is 13.2 Å². The largest absolute Gasteiger partial charge is 0.486 e. The third-order valence-corrected chi connectivity index (χ3v) is 8.69. The Bertz CT molecular complexity index is 1070. The summed E-state index contributed by atoms with van der Waals surface area (Å²) in [6.45, 7) is 7.66. The summed E-state index contributed by atoms with van der Waals surface area (Å²) in [5.74, 6) is 2.39. The molecule has 2 aromatic rings. The number of nitrogens with zero attached hydrogens (tertiary/aromatic N) is 2. The van der Waals surface area contributed by atoms with Crippen molar-refractivity contribution < 1.29 is 14.3 Å². The molecule has 0 aromatic heterocycles. The highest BCUT2D eigenvalue weighted by Gasteiger charge is 2.45. The summed E-state index contributed by atoms with van der Waals surface area (Å²) in [6, 6.07) is 15.2. The molecule has 2 unspecified atom stereocenters. The molecule has 1 aliphatic carbocycles. The van der Waals surface area contributed by atoms with Crippen LogP contribution in [0.1, 0.15) is 56.2 Å². The molecule has 1 amide bonds. The molecule has 1 saturated carbocycles. The Balaban J connectivity index is 1.12. The Morgan fingerprint density at radius 1 is 1.09 bits per heavy atom. The minimum absolute atomic E-state index is 0.125. The van der Waals surface area contributed by atoms with E-state index in [4.69, 9.17) is 9.47 Å². The van der Waals surface area contributed by atoms with E-state index in [0.29, 0.717) is 25.7 Å². The molecule has 3 heterocycles. The summed E-state index contributed by atoms with van der Waals surface area (Å²) in [4.78, 5) is 17.9. The van der Waals surface area contributed by atoms with E-state index in [1.807, 2.05) is 0 Å². The van der Waals surface area contributed by atoms with Crippen molar-refractivity contribution in [2.24, 2.45) is 5.92 Å². The average Bonchev–Trinajstić information content (AvgIpc) is 3.56. The maximum absolute atomic E-state index is 13.1. The van der Waals surface area contributed by atoms with Crippen LogP contribution in [0, 0.1) is 5.92 Å². The highest BCUT2D eigenvalue weighted by molar-refractivity contribution is 5.78. The zero-order valence-corrected chi connectivity index (χ0v) is 20.8. The number of benzene rings is 2. The predicted octanol–water partition coefficient (Wildman–Crippen LogP) is 4.29. The van der Waals surface area contributed by atoms with E-state index in [9.17, 15) is 4.79 Å². The zero-order valence-electron chi connectivity index (χ0n) is 20.8. The maximum atomic E-state index is 13.1. The predicted molar refractivity (Wildman–Crippen MR) is 137 cm³/mol. The summed E-state index contributed by atoms with van der Waals surface area (Å²) < 4.78 is 11.8. The average molecular weight is 476 g/mol. The van der Waals surface area contributed by atoms with Gasteiger partial charge in [-0.25, -0.2) is 0 Å². The second kappa shape index (κ2) is 9.38. The molecule has 6 nitrogen and oxygen atoms in total. The van der Waals surface area contributed by atoms with Crippen molar-refractivity contribution in [1.29, 1.82) is 0 Å². The monoisotopic (exact) mass is 475 g/mol. The van der Waals surface area contributed by atoms with E-state index in [1.54, 1.807) is 0 Å². The topological polar surface area (TPSA) is 54.0 Å². The molecule has 3 aliphatic heterocycles. The Labute approximate surface area is 208 Å². The van der Waals surface area contributed by atoms with Crippen molar-refractivity contribution in [2.45, 2.75) is 50.5 Å². The van der Waals surface area contributed by atoms with Crippen LogP contribution in [0.25, 0.3) is 0 Å². The lowest BCUT2D eigenvalue weighted by Gasteiger charge is -2.46. The minimum atomic E-state index is 0.125. The molecule has 2 aromatic carbocycles. The van der Waals surface area contributed by atoms with Gasteiger partial charge in [-0.2, -0.15) is 0 Å². The first kappa shape index (κ1) is 22.7. The molecular weight excluding hydrogens is 438 g/mol. The number of carbonyl (C=O) groups is 1. The summed E-state index contributed by atoms with van der Waals surface area (Å²) >= 11 is 0. The van der Waals surface area contributed by atoms with Crippen molar-refractivity contribution in [2.75, 3.05) is 50.8 Å². The first-order valence-electron chi connectivity index (χ1n) is 13.4. The normalized spacial score (nSPS) is 25.0. The number of hydrogen-bond donors (Lipinski definition) is 1. The highest BCUT2D eigenvalue weighted by atomic mass is 16.6. The van der Waals surface area contributed by atoms with E-state index in [1.165, 1.54) is 42.5 Å². The van der Waals surface area contributed by atoms with Crippen LogP contribution in [0.5, 0.6) is 11.5 Å².